The van der Waals surface area contributed by atoms with Gasteiger partial charge in [-0.3, -0.25) is 9.59 Å². The second-order valence-corrected chi connectivity index (χ2v) is 7.31. The van der Waals surface area contributed by atoms with Crippen LogP contribution in [0.2, 0.25) is 0 Å². The molecule has 1 amide bonds. The predicted octanol–water partition coefficient (Wildman–Crippen LogP) is 3.21. The van der Waals surface area contributed by atoms with Gasteiger partial charge in [0.25, 0.3) is 5.56 Å². The molecular weight excluding hydrogens is 367 g/mol. The van der Waals surface area contributed by atoms with Gasteiger partial charge in [0.1, 0.15) is 16.5 Å². The summed E-state index contributed by atoms with van der Waals surface area (Å²) in [5.74, 6) is -0.431. The number of carbonyl (C=O) groups is 1. The highest BCUT2D eigenvalue weighted by Crippen LogP contribution is 2.25. The summed E-state index contributed by atoms with van der Waals surface area (Å²) in [4.78, 5) is 33.2. The Morgan fingerprint density at radius 3 is 2.67 bits per heavy atom. The van der Waals surface area contributed by atoms with Crippen LogP contribution in [0.1, 0.15) is 35.2 Å². The number of nitrogens with zero attached hydrogens (tertiary/aromatic N) is 2. The lowest BCUT2D eigenvalue weighted by Gasteiger charge is -2.05. The Kier molecular flexibility index (Phi) is 5.46. The number of nitrogens with one attached hydrogen (secondary N) is 2. The summed E-state index contributed by atoms with van der Waals surface area (Å²) in [6, 6.07) is 5.91. The van der Waals surface area contributed by atoms with Gasteiger partial charge in [0.05, 0.1) is 17.5 Å². The van der Waals surface area contributed by atoms with Crippen molar-refractivity contribution >= 4 is 33.2 Å². The van der Waals surface area contributed by atoms with E-state index >= 15 is 0 Å². The van der Waals surface area contributed by atoms with Crippen molar-refractivity contribution in [3.05, 3.63) is 62.3 Å². The van der Waals surface area contributed by atoms with Gasteiger partial charge >= 0.3 is 0 Å². The lowest BCUT2D eigenvalue weighted by atomic mass is 10.1. The molecule has 0 aliphatic rings. The van der Waals surface area contributed by atoms with Crippen LogP contribution in [0.5, 0.6) is 0 Å². The van der Waals surface area contributed by atoms with Crippen molar-refractivity contribution in [3.63, 3.8) is 0 Å². The average Bonchev–Trinajstić information content (AvgIpc) is 2.91. The molecule has 0 bridgehead atoms. The molecule has 2 aromatic heterocycles. The number of rotatable bonds is 5. The summed E-state index contributed by atoms with van der Waals surface area (Å²) in [6.45, 7) is 5.71. The summed E-state index contributed by atoms with van der Waals surface area (Å²) in [7, 11) is 0. The van der Waals surface area contributed by atoms with Crippen molar-refractivity contribution in [2.75, 3.05) is 0 Å². The number of hydrogen-bond acceptors (Lipinski definition) is 5. The minimum Gasteiger partial charge on any atom is -0.309 e. The summed E-state index contributed by atoms with van der Waals surface area (Å²) in [6.07, 6.45) is 0.478. The monoisotopic (exact) mass is 386 g/mol. The molecule has 0 aliphatic carbocycles. The molecule has 0 unspecified atom stereocenters. The maximum Gasteiger partial charge on any atom is 0.259 e. The minimum atomic E-state index is -0.393. The third-order valence-electron chi connectivity index (χ3n) is 4.24. The van der Waals surface area contributed by atoms with E-state index < -0.39 is 5.91 Å². The van der Waals surface area contributed by atoms with Crippen LogP contribution < -0.4 is 11.0 Å². The Morgan fingerprint density at radius 2 is 2.00 bits per heavy atom. The molecule has 0 aliphatic heterocycles. The number of halogens is 1. The van der Waals surface area contributed by atoms with Crippen molar-refractivity contribution in [2.45, 2.75) is 33.6 Å². The van der Waals surface area contributed by atoms with E-state index in [-0.39, 0.29) is 17.8 Å². The molecule has 3 aromatic rings. The molecule has 6 nitrogen and oxygen atoms in total. The first-order chi connectivity index (χ1) is 12.9. The van der Waals surface area contributed by atoms with Crippen molar-refractivity contribution in [1.82, 2.24) is 15.4 Å². The van der Waals surface area contributed by atoms with Crippen molar-refractivity contribution < 1.29 is 9.18 Å². The van der Waals surface area contributed by atoms with Crippen molar-refractivity contribution in [3.8, 4) is 0 Å². The van der Waals surface area contributed by atoms with Gasteiger partial charge in [0, 0.05) is 4.88 Å². The fraction of sp³-hybridized carbons (Fsp3) is 0.263. The van der Waals surface area contributed by atoms with Crippen LogP contribution in [0.25, 0.3) is 10.2 Å². The number of H-pyrrole nitrogens is 1. The number of aryl methyl sites for hydroxylation is 2. The van der Waals surface area contributed by atoms with Gasteiger partial charge < -0.3 is 4.98 Å². The van der Waals surface area contributed by atoms with Gasteiger partial charge in [-0.15, -0.1) is 11.3 Å². The predicted molar refractivity (Wildman–Crippen MR) is 105 cm³/mol. The molecule has 2 N–H and O–H groups in total. The number of fused-ring (bicyclic) bond motifs is 1. The second-order valence-electron chi connectivity index (χ2n) is 6.11. The highest BCUT2D eigenvalue weighted by molar-refractivity contribution is 7.18. The van der Waals surface area contributed by atoms with Crippen LogP contribution in [-0.2, 0) is 11.2 Å². The maximum absolute atomic E-state index is 13.0. The van der Waals surface area contributed by atoms with Gasteiger partial charge in [0.15, 0.2) is 0 Å². The molecule has 140 valence electrons. The fourth-order valence-corrected chi connectivity index (χ4v) is 3.74. The van der Waals surface area contributed by atoms with Gasteiger partial charge in [0.2, 0.25) is 5.91 Å². The van der Waals surface area contributed by atoms with E-state index in [9.17, 15) is 14.0 Å². The summed E-state index contributed by atoms with van der Waals surface area (Å²) >= 11 is 1.43. The average molecular weight is 386 g/mol. The number of carbonyl (C=O) groups excluding carboxylic acids is 1. The summed E-state index contributed by atoms with van der Waals surface area (Å²) in [5.41, 5.74) is 4.51. The van der Waals surface area contributed by atoms with Crippen LogP contribution in [0.3, 0.4) is 0 Å². The van der Waals surface area contributed by atoms with E-state index in [1.165, 1.54) is 23.5 Å². The van der Waals surface area contributed by atoms with Gasteiger partial charge in [-0.1, -0.05) is 19.1 Å². The van der Waals surface area contributed by atoms with Crippen LogP contribution >= 0.6 is 11.3 Å². The molecule has 1 aromatic carbocycles. The topological polar surface area (TPSA) is 87.2 Å². The second kappa shape index (κ2) is 7.79. The fourth-order valence-electron chi connectivity index (χ4n) is 2.69. The summed E-state index contributed by atoms with van der Waals surface area (Å²) in [5, 5.41) is 4.69. The lowest BCUT2D eigenvalue weighted by Crippen LogP contribution is -2.24. The van der Waals surface area contributed by atoms with E-state index in [2.05, 4.69) is 20.5 Å². The van der Waals surface area contributed by atoms with E-state index in [1.807, 2.05) is 20.8 Å². The molecule has 0 fully saturated rings. The van der Waals surface area contributed by atoms with Crippen molar-refractivity contribution in [1.29, 1.82) is 0 Å². The quantitative estimate of drug-likeness (QED) is 0.521. The maximum atomic E-state index is 13.0. The molecule has 0 saturated heterocycles. The van der Waals surface area contributed by atoms with Crippen LogP contribution in [0.15, 0.2) is 34.2 Å². The van der Waals surface area contributed by atoms with Crippen molar-refractivity contribution in [2.24, 2.45) is 5.10 Å². The molecule has 2 heterocycles. The van der Waals surface area contributed by atoms with Gasteiger partial charge in [-0.25, -0.2) is 14.8 Å². The molecule has 3 rings (SSSR count). The molecule has 0 radical (unpaired) electrons. The lowest BCUT2D eigenvalue weighted by molar-refractivity contribution is -0.120. The highest BCUT2D eigenvalue weighted by atomic mass is 32.1. The number of aromatic amines is 1. The van der Waals surface area contributed by atoms with E-state index in [1.54, 1.807) is 12.1 Å². The summed E-state index contributed by atoms with van der Waals surface area (Å²) < 4.78 is 13.0. The highest BCUT2D eigenvalue weighted by Gasteiger charge is 2.13. The van der Waals surface area contributed by atoms with Crippen LogP contribution in [0, 0.1) is 19.7 Å². The first kappa shape index (κ1) is 18.9. The smallest absolute Gasteiger partial charge is 0.259 e. The minimum absolute atomic E-state index is 0.0922. The zero-order valence-corrected chi connectivity index (χ0v) is 16.0. The molecule has 8 heteroatoms. The Labute approximate surface area is 159 Å². The third-order valence-corrected chi connectivity index (χ3v) is 5.35. The Bertz CT molecular complexity index is 1080. The Balaban J connectivity index is 1.76. The van der Waals surface area contributed by atoms with Gasteiger partial charge in [-0.05, 0) is 43.5 Å². The number of aromatic nitrogens is 2. The first-order valence-corrected chi connectivity index (χ1v) is 9.31. The normalized spacial score (nSPS) is 11.8. The Morgan fingerprint density at radius 1 is 1.30 bits per heavy atom. The molecule has 0 atom stereocenters. The van der Waals surface area contributed by atoms with E-state index in [0.29, 0.717) is 28.2 Å². The van der Waals surface area contributed by atoms with E-state index in [0.717, 1.165) is 16.0 Å². The molecular formula is C19H19FN4O2S. The van der Waals surface area contributed by atoms with E-state index in [4.69, 9.17) is 0 Å². The van der Waals surface area contributed by atoms with Crippen LogP contribution in [0.4, 0.5) is 4.39 Å². The standard InChI is InChI=1S/C19H19FN4O2S/c1-4-14(12-5-7-13(20)8-6-12)23-24-16(25)9-15-21-18(26)17-10(2)11(3)27-19(17)22-15/h5-8H,4,9H2,1-3H3,(H,24,25)(H,21,22,26)/b23-14+. The molecule has 0 spiro atoms. The number of hydrazone groups is 1. The largest absolute Gasteiger partial charge is 0.309 e. The number of thiophene rings is 1. The number of benzene rings is 1. The molecule has 27 heavy (non-hydrogen) atoms. The number of amides is 1. The SMILES string of the molecule is CC/C(=N\NC(=O)Cc1nc2sc(C)c(C)c2c(=O)[nH]1)c1ccc(F)cc1. The Hall–Kier alpha value is -2.87. The zero-order chi connectivity index (χ0) is 19.6. The number of hydrogen-bond donors (Lipinski definition) is 2. The molecule has 0 saturated carbocycles. The van der Waals surface area contributed by atoms with Crippen LogP contribution in [-0.4, -0.2) is 21.6 Å². The first-order valence-electron chi connectivity index (χ1n) is 8.49. The third kappa shape index (κ3) is 4.11. The zero-order valence-electron chi connectivity index (χ0n) is 15.2. The van der Waals surface area contributed by atoms with Gasteiger partial charge in [-0.2, -0.15) is 5.10 Å².